The number of pyridine rings is 1. The largest absolute Gasteiger partial charge is 0.279 e. The first-order valence-corrected chi connectivity index (χ1v) is 8.89. The van der Waals surface area contributed by atoms with Crippen LogP contribution >= 0.6 is 0 Å². The van der Waals surface area contributed by atoms with Crippen molar-refractivity contribution in [2.45, 2.75) is 19.0 Å². The van der Waals surface area contributed by atoms with Crippen molar-refractivity contribution in [2.24, 2.45) is 10.3 Å². The van der Waals surface area contributed by atoms with Gasteiger partial charge in [-0.15, -0.1) is 0 Å². The Hall–Kier alpha value is -3.55. The van der Waals surface area contributed by atoms with Crippen molar-refractivity contribution in [3.8, 4) is 0 Å². The number of para-hydroxylation sites is 1. The van der Waals surface area contributed by atoms with Gasteiger partial charge in [-0.2, -0.15) is 15.3 Å². The van der Waals surface area contributed by atoms with Gasteiger partial charge in [0.15, 0.2) is 0 Å². The van der Waals surface area contributed by atoms with Crippen LogP contribution < -0.4 is 5.01 Å². The maximum absolute atomic E-state index is 4.45. The molecule has 0 saturated heterocycles. The fourth-order valence-corrected chi connectivity index (χ4v) is 3.30. The zero-order valence-corrected chi connectivity index (χ0v) is 14.6. The van der Waals surface area contributed by atoms with E-state index in [2.05, 4.69) is 36.7 Å². The molecule has 0 fully saturated rings. The molecule has 1 aromatic carbocycles. The Bertz CT molecular complexity index is 1080. The van der Waals surface area contributed by atoms with Crippen LogP contribution in [0, 0.1) is 0 Å². The summed E-state index contributed by atoms with van der Waals surface area (Å²) in [7, 11) is 0. The number of nitrogens with one attached hydrogen (secondary N) is 1. The summed E-state index contributed by atoms with van der Waals surface area (Å²) in [4.78, 5) is 4.04. The van der Waals surface area contributed by atoms with Crippen LogP contribution in [-0.4, -0.2) is 31.5 Å². The van der Waals surface area contributed by atoms with Gasteiger partial charge in [0.2, 0.25) is 0 Å². The maximum Gasteiger partial charge on any atom is 0.134 e. The summed E-state index contributed by atoms with van der Waals surface area (Å²) >= 11 is 0. The molecule has 27 heavy (non-hydrogen) atoms. The minimum atomic E-state index is -0.0578. The second kappa shape index (κ2) is 6.64. The summed E-state index contributed by atoms with van der Waals surface area (Å²) in [6.07, 6.45) is 8.38. The Labute approximate surface area is 155 Å². The molecule has 134 valence electrons. The summed E-state index contributed by atoms with van der Waals surface area (Å²) in [5.74, 6) is 0. The number of rotatable bonds is 5. The van der Waals surface area contributed by atoms with Crippen molar-refractivity contribution in [3.05, 3.63) is 72.4 Å². The number of anilines is 1. The summed E-state index contributed by atoms with van der Waals surface area (Å²) in [6, 6.07) is 12.0. The van der Waals surface area contributed by atoms with E-state index in [0.717, 1.165) is 35.2 Å². The van der Waals surface area contributed by atoms with E-state index in [-0.39, 0.29) is 6.04 Å². The molecule has 1 N–H and O–H groups in total. The molecule has 0 aliphatic carbocycles. The lowest BCUT2D eigenvalue weighted by molar-refractivity contribution is 0.614. The van der Waals surface area contributed by atoms with E-state index in [9.17, 15) is 0 Å². The standard InChI is InChI=1S/C19H18N8/c1-2-4-17-16(3-1)19(24-22-17)18-13-27(25-23-18)15-11-21-26(12-15)10-7-14-5-8-20-9-6-14/h1-6,8-9,11-12,18H,7,10,13H2,(H,22,24). The minimum absolute atomic E-state index is 0.0578. The average molecular weight is 358 g/mol. The van der Waals surface area contributed by atoms with Crippen molar-refractivity contribution < 1.29 is 0 Å². The van der Waals surface area contributed by atoms with E-state index < -0.39 is 0 Å². The summed E-state index contributed by atoms with van der Waals surface area (Å²) in [5, 5.41) is 23.7. The average Bonchev–Trinajstić information content (AvgIpc) is 3.45. The predicted molar refractivity (Wildman–Crippen MR) is 101 cm³/mol. The lowest BCUT2D eigenvalue weighted by atomic mass is 10.1. The normalized spacial score (nSPS) is 16.4. The van der Waals surface area contributed by atoms with Gasteiger partial charge < -0.3 is 0 Å². The van der Waals surface area contributed by atoms with Gasteiger partial charge in [0.05, 0.1) is 35.8 Å². The molecule has 1 atom stereocenters. The lowest BCUT2D eigenvalue weighted by Gasteiger charge is -2.10. The number of H-pyrrole nitrogens is 1. The van der Waals surface area contributed by atoms with Crippen LogP contribution in [0.5, 0.6) is 0 Å². The highest BCUT2D eigenvalue weighted by atomic mass is 15.6. The van der Waals surface area contributed by atoms with Crippen molar-refractivity contribution in [3.63, 3.8) is 0 Å². The summed E-state index contributed by atoms with van der Waals surface area (Å²) < 4.78 is 1.93. The molecule has 1 aliphatic rings. The van der Waals surface area contributed by atoms with Crippen LogP contribution in [0.1, 0.15) is 17.3 Å². The van der Waals surface area contributed by atoms with Gasteiger partial charge >= 0.3 is 0 Å². The molecule has 3 aromatic heterocycles. The van der Waals surface area contributed by atoms with Gasteiger partial charge in [-0.3, -0.25) is 14.8 Å². The van der Waals surface area contributed by atoms with Crippen LogP contribution in [0.3, 0.4) is 0 Å². The molecule has 0 spiro atoms. The fraction of sp³-hybridized carbons (Fsp3) is 0.211. The van der Waals surface area contributed by atoms with E-state index in [1.54, 1.807) is 0 Å². The molecule has 4 aromatic rings. The third-order valence-electron chi connectivity index (χ3n) is 4.77. The highest BCUT2D eigenvalue weighted by Gasteiger charge is 2.26. The van der Waals surface area contributed by atoms with Crippen LogP contribution in [0.25, 0.3) is 10.9 Å². The number of benzene rings is 1. The molecule has 0 saturated carbocycles. The zero-order chi connectivity index (χ0) is 18.1. The number of hydrogen-bond donors (Lipinski definition) is 1. The van der Waals surface area contributed by atoms with E-state index in [0.29, 0.717) is 6.54 Å². The van der Waals surface area contributed by atoms with Crippen LogP contribution in [0.2, 0.25) is 0 Å². The van der Waals surface area contributed by atoms with Crippen molar-refractivity contribution in [1.29, 1.82) is 0 Å². The first-order chi connectivity index (χ1) is 13.4. The van der Waals surface area contributed by atoms with E-state index in [4.69, 9.17) is 0 Å². The second-order valence-electron chi connectivity index (χ2n) is 6.52. The number of aryl methyl sites for hydroxylation is 2. The van der Waals surface area contributed by atoms with Gasteiger partial charge in [0.25, 0.3) is 0 Å². The number of fused-ring (bicyclic) bond motifs is 1. The predicted octanol–water partition coefficient (Wildman–Crippen LogP) is 3.33. The Balaban J connectivity index is 1.27. The lowest BCUT2D eigenvalue weighted by Crippen LogP contribution is -2.16. The van der Waals surface area contributed by atoms with Gasteiger partial charge in [-0.05, 0) is 30.2 Å². The Kier molecular flexibility index (Phi) is 3.86. The SMILES string of the molecule is c1ccc2c(C3CN(c4cnn(CCc5ccncc5)c4)N=N3)[nH]nc2c1. The Morgan fingerprint density at radius 3 is 2.93 bits per heavy atom. The van der Waals surface area contributed by atoms with Crippen LogP contribution in [0.15, 0.2) is 71.5 Å². The first kappa shape index (κ1) is 15.7. The number of aromatic nitrogens is 5. The third kappa shape index (κ3) is 3.05. The molecule has 4 heterocycles. The second-order valence-corrected chi connectivity index (χ2v) is 6.52. The van der Waals surface area contributed by atoms with Gasteiger partial charge in [-0.25, -0.2) is 5.01 Å². The number of hydrogen-bond acceptors (Lipinski definition) is 6. The van der Waals surface area contributed by atoms with Crippen molar-refractivity contribution in [2.75, 3.05) is 11.6 Å². The summed E-state index contributed by atoms with van der Waals surface area (Å²) in [5.41, 5.74) is 4.14. The van der Waals surface area contributed by atoms with Gasteiger partial charge in [-0.1, -0.05) is 23.4 Å². The van der Waals surface area contributed by atoms with Crippen LogP contribution in [0.4, 0.5) is 5.69 Å². The minimum Gasteiger partial charge on any atom is -0.279 e. The molecule has 0 radical (unpaired) electrons. The molecular weight excluding hydrogens is 340 g/mol. The monoisotopic (exact) mass is 358 g/mol. The van der Waals surface area contributed by atoms with Crippen LogP contribution in [-0.2, 0) is 13.0 Å². The number of aromatic amines is 1. The molecule has 0 bridgehead atoms. The quantitative estimate of drug-likeness (QED) is 0.593. The van der Waals surface area contributed by atoms with E-state index in [1.807, 2.05) is 64.8 Å². The molecule has 1 unspecified atom stereocenters. The topological polar surface area (TPSA) is 87.4 Å². The highest BCUT2D eigenvalue weighted by Crippen LogP contribution is 2.31. The first-order valence-electron chi connectivity index (χ1n) is 8.89. The molecular formula is C19H18N8. The van der Waals surface area contributed by atoms with Crippen molar-refractivity contribution in [1.82, 2.24) is 25.0 Å². The molecule has 8 nitrogen and oxygen atoms in total. The third-order valence-corrected chi connectivity index (χ3v) is 4.77. The maximum atomic E-state index is 4.45. The number of nitrogens with zero attached hydrogens (tertiary/aromatic N) is 7. The molecule has 0 amide bonds. The Morgan fingerprint density at radius 2 is 2.00 bits per heavy atom. The fourth-order valence-electron chi connectivity index (χ4n) is 3.30. The summed E-state index contributed by atoms with van der Waals surface area (Å²) in [6.45, 7) is 1.48. The van der Waals surface area contributed by atoms with E-state index >= 15 is 0 Å². The van der Waals surface area contributed by atoms with Gasteiger partial charge in [0.1, 0.15) is 6.04 Å². The molecule has 1 aliphatic heterocycles. The van der Waals surface area contributed by atoms with Gasteiger partial charge in [0, 0.05) is 24.3 Å². The molecule has 5 rings (SSSR count). The Morgan fingerprint density at radius 1 is 1.11 bits per heavy atom. The van der Waals surface area contributed by atoms with E-state index in [1.165, 1.54) is 5.56 Å². The smallest absolute Gasteiger partial charge is 0.134 e. The highest BCUT2D eigenvalue weighted by molar-refractivity contribution is 5.81. The van der Waals surface area contributed by atoms with Crippen molar-refractivity contribution >= 4 is 16.6 Å². The molecule has 8 heteroatoms. The zero-order valence-electron chi connectivity index (χ0n) is 14.6.